The molecular weight excluding hydrogens is 336 g/mol. The van der Waals surface area contributed by atoms with Crippen LogP contribution in [0.5, 0.6) is 0 Å². The van der Waals surface area contributed by atoms with Crippen molar-refractivity contribution in [1.82, 2.24) is 14.5 Å². The van der Waals surface area contributed by atoms with Gasteiger partial charge in [-0.15, -0.1) is 0 Å². The third-order valence-corrected chi connectivity index (χ3v) is 6.04. The summed E-state index contributed by atoms with van der Waals surface area (Å²) in [5.74, 6) is 2.35. The van der Waals surface area contributed by atoms with E-state index in [1.54, 1.807) is 18.2 Å². The number of nitrogens with zero attached hydrogens (tertiary/aromatic N) is 4. The van der Waals surface area contributed by atoms with Gasteiger partial charge in [0.05, 0.1) is 11.6 Å². The molecule has 0 N–H and O–H groups in total. The van der Waals surface area contributed by atoms with E-state index >= 15 is 0 Å². The molecule has 2 fully saturated rings. The van der Waals surface area contributed by atoms with Crippen molar-refractivity contribution < 1.29 is 4.79 Å². The molecular formula is C22H26N4O. The Labute approximate surface area is 160 Å². The molecule has 0 spiro atoms. The first-order chi connectivity index (χ1) is 13.2. The molecule has 2 heterocycles. The predicted molar refractivity (Wildman–Crippen MR) is 103 cm³/mol. The van der Waals surface area contributed by atoms with Crippen molar-refractivity contribution in [2.45, 2.75) is 51.5 Å². The second-order valence-corrected chi connectivity index (χ2v) is 7.95. The van der Waals surface area contributed by atoms with Crippen molar-refractivity contribution in [2.75, 3.05) is 13.1 Å². The van der Waals surface area contributed by atoms with Crippen molar-refractivity contribution in [3.8, 4) is 6.07 Å². The molecule has 5 nitrogen and oxygen atoms in total. The van der Waals surface area contributed by atoms with E-state index in [1.165, 1.54) is 30.8 Å². The summed E-state index contributed by atoms with van der Waals surface area (Å²) in [5.41, 5.74) is 2.37. The Bertz CT molecular complexity index is 875. The summed E-state index contributed by atoms with van der Waals surface area (Å²) in [6.07, 6.45) is 7.98. The maximum atomic E-state index is 12.9. The summed E-state index contributed by atoms with van der Waals surface area (Å²) >= 11 is 0. The number of likely N-dealkylation sites (tertiary alicyclic amines) is 1. The minimum Gasteiger partial charge on any atom is -0.338 e. The number of carbonyl (C=O) groups is 1. The Morgan fingerprint density at radius 1 is 1.30 bits per heavy atom. The van der Waals surface area contributed by atoms with Gasteiger partial charge in [-0.05, 0) is 56.7 Å². The van der Waals surface area contributed by atoms with E-state index in [9.17, 15) is 4.79 Å². The van der Waals surface area contributed by atoms with Crippen LogP contribution in [0.2, 0.25) is 0 Å². The van der Waals surface area contributed by atoms with Crippen molar-refractivity contribution in [3.63, 3.8) is 0 Å². The molecule has 2 aromatic rings. The number of benzene rings is 1. The molecule has 1 aliphatic heterocycles. The summed E-state index contributed by atoms with van der Waals surface area (Å²) in [6, 6.07) is 9.14. The third-order valence-electron chi connectivity index (χ3n) is 6.04. The van der Waals surface area contributed by atoms with Gasteiger partial charge in [0.1, 0.15) is 5.82 Å². The van der Waals surface area contributed by atoms with Crippen LogP contribution in [-0.2, 0) is 6.54 Å². The maximum Gasteiger partial charge on any atom is 0.253 e. The van der Waals surface area contributed by atoms with E-state index in [4.69, 9.17) is 5.26 Å². The highest BCUT2D eigenvalue weighted by Crippen LogP contribution is 2.36. The van der Waals surface area contributed by atoms with Gasteiger partial charge >= 0.3 is 0 Å². The standard InChI is InChI=1S/C22H26N4O/c1-16-13-24-21(19-7-3-8-19)26(16)15-18-6-4-10-25(14-18)22(27)20-9-2-5-17(11-20)12-23/h2,5,9,11,13,18-19H,3-4,6-8,10,14-15H2,1H3. The number of carbonyl (C=O) groups excluding carboxylic acids is 1. The Balaban J connectivity index is 1.46. The molecule has 2 aliphatic rings. The molecule has 1 saturated carbocycles. The highest BCUT2D eigenvalue weighted by atomic mass is 16.2. The average Bonchev–Trinajstić information content (AvgIpc) is 3.00. The van der Waals surface area contributed by atoms with Crippen LogP contribution in [0.15, 0.2) is 30.5 Å². The first-order valence-corrected chi connectivity index (χ1v) is 9.97. The zero-order valence-electron chi connectivity index (χ0n) is 15.9. The molecule has 1 atom stereocenters. The molecule has 140 valence electrons. The van der Waals surface area contributed by atoms with E-state index < -0.39 is 0 Å². The van der Waals surface area contributed by atoms with E-state index in [0.717, 1.165) is 32.5 Å². The fourth-order valence-corrected chi connectivity index (χ4v) is 4.27. The largest absolute Gasteiger partial charge is 0.338 e. The lowest BCUT2D eigenvalue weighted by Crippen LogP contribution is -2.41. The molecule has 0 radical (unpaired) electrons. The minimum absolute atomic E-state index is 0.0402. The first kappa shape index (κ1) is 17.8. The van der Waals surface area contributed by atoms with E-state index in [-0.39, 0.29) is 5.91 Å². The van der Waals surface area contributed by atoms with Gasteiger partial charge in [-0.1, -0.05) is 12.5 Å². The zero-order valence-corrected chi connectivity index (χ0v) is 15.9. The summed E-state index contributed by atoms with van der Waals surface area (Å²) in [4.78, 5) is 19.5. The molecule has 1 aliphatic carbocycles. The third kappa shape index (κ3) is 3.62. The van der Waals surface area contributed by atoms with Crippen LogP contribution in [0.1, 0.15) is 65.5 Å². The second-order valence-electron chi connectivity index (χ2n) is 7.95. The first-order valence-electron chi connectivity index (χ1n) is 9.97. The van der Waals surface area contributed by atoms with Crippen LogP contribution < -0.4 is 0 Å². The molecule has 1 amide bonds. The summed E-state index contributed by atoms with van der Waals surface area (Å²) in [5, 5.41) is 9.08. The number of imidazole rings is 1. The van der Waals surface area contributed by atoms with Gasteiger partial charge in [0.15, 0.2) is 0 Å². The van der Waals surface area contributed by atoms with Gasteiger partial charge < -0.3 is 9.47 Å². The van der Waals surface area contributed by atoms with E-state index in [2.05, 4.69) is 22.5 Å². The number of rotatable bonds is 4. The molecule has 27 heavy (non-hydrogen) atoms. The molecule has 1 saturated heterocycles. The van der Waals surface area contributed by atoms with Gasteiger partial charge in [-0.2, -0.15) is 5.26 Å². The van der Waals surface area contributed by atoms with Crippen molar-refractivity contribution in [3.05, 3.63) is 53.1 Å². The van der Waals surface area contributed by atoms with Crippen LogP contribution in [-0.4, -0.2) is 33.4 Å². The molecule has 1 aromatic heterocycles. The highest BCUT2D eigenvalue weighted by molar-refractivity contribution is 5.94. The smallest absolute Gasteiger partial charge is 0.253 e. The van der Waals surface area contributed by atoms with Gasteiger partial charge in [-0.3, -0.25) is 4.79 Å². The summed E-state index contributed by atoms with van der Waals surface area (Å²) in [7, 11) is 0. The van der Waals surface area contributed by atoms with Crippen molar-refractivity contribution in [2.24, 2.45) is 5.92 Å². The molecule has 0 bridgehead atoms. The average molecular weight is 362 g/mol. The lowest BCUT2D eigenvalue weighted by atomic mass is 9.84. The lowest BCUT2D eigenvalue weighted by Gasteiger charge is -2.34. The topological polar surface area (TPSA) is 61.9 Å². The van der Waals surface area contributed by atoms with Gasteiger partial charge in [0.25, 0.3) is 5.91 Å². The number of hydrogen-bond acceptors (Lipinski definition) is 3. The number of aryl methyl sites for hydroxylation is 1. The van der Waals surface area contributed by atoms with Crippen LogP contribution >= 0.6 is 0 Å². The van der Waals surface area contributed by atoms with Crippen molar-refractivity contribution in [1.29, 1.82) is 5.26 Å². The normalized spacial score (nSPS) is 20.1. The SMILES string of the molecule is Cc1cnc(C2CCC2)n1CC1CCCN(C(=O)c2cccc(C#N)c2)C1. The fourth-order valence-electron chi connectivity index (χ4n) is 4.27. The minimum atomic E-state index is 0.0402. The quantitative estimate of drug-likeness (QED) is 0.829. The molecule has 1 unspecified atom stereocenters. The molecule has 4 rings (SSSR count). The highest BCUT2D eigenvalue weighted by Gasteiger charge is 2.28. The summed E-state index contributed by atoms with van der Waals surface area (Å²) < 4.78 is 2.39. The molecule has 1 aromatic carbocycles. The Kier molecular flexibility index (Phi) is 4.98. The number of aromatic nitrogens is 2. The van der Waals surface area contributed by atoms with Crippen LogP contribution in [0.25, 0.3) is 0 Å². The monoisotopic (exact) mass is 362 g/mol. The lowest BCUT2D eigenvalue weighted by molar-refractivity contribution is 0.0661. The number of hydrogen-bond donors (Lipinski definition) is 0. The Morgan fingerprint density at radius 2 is 2.15 bits per heavy atom. The van der Waals surface area contributed by atoms with Gasteiger partial charge in [-0.25, -0.2) is 4.98 Å². The maximum absolute atomic E-state index is 12.9. The van der Waals surface area contributed by atoms with E-state index in [0.29, 0.717) is 23.0 Å². The van der Waals surface area contributed by atoms with Crippen LogP contribution in [0.3, 0.4) is 0 Å². The zero-order chi connectivity index (χ0) is 18.8. The van der Waals surface area contributed by atoms with Crippen molar-refractivity contribution >= 4 is 5.91 Å². The van der Waals surface area contributed by atoms with Gasteiger partial charge in [0.2, 0.25) is 0 Å². The second kappa shape index (κ2) is 7.56. The predicted octanol–water partition coefficient (Wildman–Crippen LogP) is 3.88. The van der Waals surface area contributed by atoms with E-state index in [1.807, 2.05) is 17.2 Å². The van der Waals surface area contributed by atoms with Crippen LogP contribution in [0.4, 0.5) is 0 Å². The molecule has 5 heteroatoms. The fraction of sp³-hybridized carbons (Fsp3) is 0.500. The van der Waals surface area contributed by atoms with Gasteiger partial charge in [0, 0.05) is 43.0 Å². The number of piperidine rings is 1. The van der Waals surface area contributed by atoms with Crippen LogP contribution in [0, 0.1) is 24.2 Å². The Morgan fingerprint density at radius 3 is 2.89 bits per heavy atom. The Hall–Kier alpha value is -2.61. The summed E-state index contributed by atoms with van der Waals surface area (Å²) in [6.45, 7) is 4.65. The number of nitriles is 1. The number of amides is 1.